The molecular formula is C31H33IN4O7. The summed E-state index contributed by atoms with van der Waals surface area (Å²) in [5.41, 5.74) is 5.83. The Morgan fingerprint density at radius 1 is 1.07 bits per heavy atom. The first-order valence-corrected chi connectivity index (χ1v) is 14.6. The topological polar surface area (TPSA) is 140 Å². The Kier molecular flexibility index (Phi) is 11.2. The van der Waals surface area contributed by atoms with E-state index in [0.29, 0.717) is 36.0 Å². The van der Waals surface area contributed by atoms with Crippen LogP contribution in [0.4, 0.5) is 4.79 Å². The monoisotopic (exact) mass is 700 g/mol. The quantitative estimate of drug-likeness (QED) is 0.0678. The number of carbonyl (C=O) groups is 2. The standard InChI is InChI=1S/C31H33IN4O7/c1-4-41-26-15-22(29-28(30(38)40-3)19(2)34-31(39)35-29)11-13-25(26)43-18-27(37)36-33-16-21-10-12-24(23(32)14-21)42-17-20-8-6-5-7-9-20/h5-16,27,29,36-37H,4,17-18H2,1-3H3,(H2,34,35,39)/b33-16-/t27-,29-/m1/s1. The van der Waals surface area contributed by atoms with E-state index in [9.17, 15) is 14.7 Å². The number of rotatable bonds is 13. The second-order valence-corrected chi connectivity index (χ2v) is 10.5. The van der Waals surface area contributed by atoms with Crippen LogP contribution in [0.1, 0.15) is 36.6 Å². The minimum Gasteiger partial charge on any atom is -0.490 e. The molecule has 4 N–H and O–H groups in total. The van der Waals surface area contributed by atoms with Crippen molar-refractivity contribution in [3.63, 3.8) is 0 Å². The smallest absolute Gasteiger partial charge is 0.337 e. The number of hydrogen-bond donors (Lipinski definition) is 4. The fourth-order valence-corrected chi connectivity index (χ4v) is 4.96. The molecular weight excluding hydrogens is 667 g/mol. The van der Waals surface area contributed by atoms with Crippen LogP contribution in [0.25, 0.3) is 0 Å². The highest BCUT2D eigenvalue weighted by atomic mass is 127. The molecule has 4 rings (SSSR count). The normalized spacial score (nSPS) is 15.4. The van der Waals surface area contributed by atoms with Crippen LogP contribution in [-0.4, -0.2) is 49.9 Å². The highest BCUT2D eigenvalue weighted by molar-refractivity contribution is 14.1. The number of aliphatic hydroxyl groups excluding tert-OH is 1. The van der Waals surface area contributed by atoms with Crippen LogP contribution in [0, 0.1) is 3.57 Å². The fraction of sp³-hybridized carbons (Fsp3) is 0.258. The average Bonchev–Trinajstić information content (AvgIpc) is 3.00. The van der Waals surface area contributed by atoms with Crippen molar-refractivity contribution in [1.29, 1.82) is 0 Å². The molecule has 1 aliphatic heterocycles. The van der Waals surface area contributed by atoms with E-state index in [-0.39, 0.29) is 12.2 Å². The summed E-state index contributed by atoms with van der Waals surface area (Å²) in [4.78, 5) is 24.6. The Labute approximate surface area is 263 Å². The third kappa shape index (κ3) is 8.61. The summed E-state index contributed by atoms with van der Waals surface area (Å²) in [5, 5.41) is 19.9. The zero-order valence-electron chi connectivity index (χ0n) is 23.9. The number of aliphatic hydroxyl groups is 1. The molecule has 0 spiro atoms. The van der Waals surface area contributed by atoms with Crippen molar-refractivity contribution in [3.8, 4) is 17.2 Å². The number of carbonyl (C=O) groups excluding carboxylic acids is 2. The van der Waals surface area contributed by atoms with Gasteiger partial charge in [0.25, 0.3) is 0 Å². The van der Waals surface area contributed by atoms with Crippen LogP contribution in [0.5, 0.6) is 17.2 Å². The lowest BCUT2D eigenvalue weighted by atomic mass is 9.95. The van der Waals surface area contributed by atoms with E-state index in [1.54, 1.807) is 31.3 Å². The number of methoxy groups -OCH3 is 1. The van der Waals surface area contributed by atoms with E-state index in [1.165, 1.54) is 7.11 Å². The number of halogens is 1. The minimum atomic E-state index is -1.11. The highest BCUT2D eigenvalue weighted by Crippen LogP contribution is 2.35. The molecule has 2 atom stereocenters. The van der Waals surface area contributed by atoms with Gasteiger partial charge in [-0.3, -0.25) is 5.43 Å². The van der Waals surface area contributed by atoms with E-state index >= 15 is 0 Å². The van der Waals surface area contributed by atoms with Gasteiger partial charge in [0.05, 0.1) is 35.1 Å². The van der Waals surface area contributed by atoms with Crippen molar-refractivity contribution in [1.82, 2.24) is 16.1 Å². The van der Waals surface area contributed by atoms with Gasteiger partial charge >= 0.3 is 12.0 Å². The molecule has 3 aromatic carbocycles. The van der Waals surface area contributed by atoms with Gasteiger partial charge in [0.2, 0.25) is 0 Å². The lowest BCUT2D eigenvalue weighted by Gasteiger charge is -2.28. The number of esters is 1. The summed E-state index contributed by atoms with van der Waals surface area (Å²) >= 11 is 2.21. The number of nitrogens with zero attached hydrogens (tertiary/aromatic N) is 1. The molecule has 0 saturated heterocycles. The van der Waals surface area contributed by atoms with Crippen molar-refractivity contribution < 1.29 is 33.6 Å². The van der Waals surface area contributed by atoms with E-state index in [0.717, 1.165) is 20.4 Å². The molecule has 43 heavy (non-hydrogen) atoms. The van der Waals surface area contributed by atoms with E-state index in [4.69, 9.17) is 18.9 Å². The van der Waals surface area contributed by atoms with Gasteiger partial charge in [0.15, 0.2) is 17.7 Å². The molecule has 1 heterocycles. The van der Waals surface area contributed by atoms with Gasteiger partial charge in [0, 0.05) is 5.70 Å². The van der Waals surface area contributed by atoms with Crippen LogP contribution in [0.15, 0.2) is 83.1 Å². The molecule has 12 heteroatoms. The van der Waals surface area contributed by atoms with Crippen LogP contribution >= 0.6 is 22.6 Å². The summed E-state index contributed by atoms with van der Waals surface area (Å²) in [5.74, 6) is 0.963. The van der Waals surface area contributed by atoms with Crippen molar-refractivity contribution in [2.45, 2.75) is 32.7 Å². The summed E-state index contributed by atoms with van der Waals surface area (Å²) in [6.45, 7) is 4.15. The Bertz CT molecular complexity index is 1500. The maximum Gasteiger partial charge on any atom is 0.337 e. The molecule has 2 amide bonds. The van der Waals surface area contributed by atoms with E-state index in [2.05, 4.69) is 43.8 Å². The number of nitrogens with one attached hydrogen (secondary N) is 3. The molecule has 0 radical (unpaired) electrons. The van der Waals surface area contributed by atoms with Gasteiger partial charge in [-0.25, -0.2) is 9.59 Å². The first-order valence-electron chi connectivity index (χ1n) is 13.5. The molecule has 3 aromatic rings. The van der Waals surface area contributed by atoms with Crippen molar-refractivity contribution >= 4 is 40.8 Å². The molecule has 0 fully saturated rings. The number of allylic oxidation sites excluding steroid dienone is 1. The lowest BCUT2D eigenvalue weighted by molar-refractivity contribution is -0.136. The molecule has 0 aromatic heterocycles. The summed E-state index contributed by atoms with van der Waals surface area (Å²) in [6, 6.07) is 19.5. The SMILES string of the molecule is CCOc1cc([C@H]2NC(=O)NC(C)=C2C(=O)OC)ccc1OC[C@@H](O)N/N=C\c1ccc(OCc2ccccc2)c(I)c1. The number of ether oxygens (including phenoxy) is 4. The lowest BCUT2D eigenvalue weighted by Crippen LogP contribution is -2.45. The number of urea groups is 1. The van der Waals surface area contributed by atoms with E-state index in [1.807, 2.05) is 55.5 Å². The second-order valence-electron chi connectivity index (χ2n) is 9.38. The van der Waals surface area contributed by atoms with Gasteiger partial charge in [-0.15, -0.1) is 0 Å². The van der Waals surface area contributed by atoms with Crippen molar-refractivity contribution in [2.24, 2.45) is 5.10 Å². The van der Waals surface area contributed by atoms with Gasteiger partial charge in [-0.1, -0.05) is 36.4 Å². The molecule has 226 valence electrons. The maximum atomic E-state index is 12.4. The summed E-state index contributed by atoms with van der Waals surface area (Å²) in [7, 11) is 1.28. The summed E-state index contributed by atoms with van der Waals surface area (Å²) in [6.07, 6.45) is 0.479. The first kappa shape index (κ1) is 31.6. The predicted octanol–water partition coefficient (Wildman–Crippen LogP) is 4.39. The largest absolute Gasteiger partial charge is 0.490 e. The molecule has 0 unspecified atom stereocenters. The Morgan fingerprint density at radius 2 is 1.84 bits per heavy atom. The Morgan fingerprint density at radius 3 is 2.56 bits per heavy atom. The zero-order chi connectivity index (χ0) is 30.8. The van der Waals surface area contributed by atoms with Crippen molar-refractivity contribution in [3.05, 3.63) is 98.3 Å². The third-order valence-corrected chi connectivity index (χ3v) is 7.15. The highest BCUT2D eigenvalue weighted by Gasteiger charge is 2.32. The van der Waals surface area contributed by atoms with Crippen molar-refractivity contribution in [2.75, 3.05) is 20.3 Å². The minimum absolute atomic E-state index is 0.128. The molecule has 1 aliphatic rings. The molecule has 11 nitrogen and oxygen atoms in total. The fourth-order valence-electron chi connectivity index (χ4n) is 4.27. The molecule has 0 saturated carbocycles. The van der Waals surface area contributed by atoms with Gasteiger partial charge in [-0.05, 0) is 83.5 Å². The zero-order valence-corrected chi connectivity index (χ0v) is 26.1. The Balaban J connectivity index is 1.35. The van der Waals surface area contributed by atoms with Crippen LogP contribution in [0.2, 0.25) is 0 Å². The third-order valence-electron chi connectivity index (χ3n) is 6.30. The van der Waals surface area contributed by atoms with Gasteiger partial charge in [0.1, 0.15) is 19.0 Å². The summed E-state index contributed by atoms with van der Waals surface area (Å²) < 4.78 is 23.3. The number of benzene rings is 3. The van der Waals surface area contributed by atoms with Crippen LogP contribution in [0.3, 0.4) is 0 Å². The number of hydrazone groups is 1. The van der Waals surface area contributed by atoms with E-state index < -0.39 is 24.3 Å². The second kappa shape index (κ2) is 15.3. The first-order chi connectivity index (χ1) is 20.8. The van der Waals surface area contributed by atoms with Gasteiger partial charge < -0.3 is 34.7 Å². The number of amides is 2. The number of hydrogen-bond acceptors (Lipinski definition) is 9. The molecule has 0 aliphatic carbocycles. The predicted molar refractivity (Wildman–Crippen MR) is 169 cm³/mol. The average molecular weight is 701 g/mol. The molecule has 0 bridgehead atoms. The van der Waals surface area contributed by atoms with Crippen LogP contribution in [-0.2, 0) is 16.1 Å². The maximum absolute atomic E-state index is 12.4. The Hall–Kier alpha value is -4.30. The van der Waals surface area contributed by atoms with Gasteiger partial charge in [-0.2, -0.15) is 5.10 Å². The van der Waals surface area contributed by atoms with Crippen LogP contribution < -0.4 is 30.3 Å².